The number of aromatic nitrogens is 2. The van der Waals surface area contributed by atoms with Gasteiger partial charge in [-0.05, 0) is 58.4 Å². The maximum absolute atomic E-state index is 5.31. The summed E-state index contributed by atoms with van der Waals surface area (Å²) < 4.78 is 0. The quantitative estimate of drug-likeness (QED) is 0.163. The SMILES string of the molecule is [CH2-]c1ccccc1.[CH2-]c1ccccc1.[Zr+4].c1ccc(C[N-][C@@H]2C3c4ccccc4C34c3ccccc3C4[C@H]2[N-]Cc2ccccn2)nc1. The Morgan fingerprint density at radius 2 is 0.854 bits per heavy atom. The minimum absolute atomic E-state index is 0. The molecule has 0 amide bonds. The molecule has 0 radical (unpaired) electrons. The maximum atomic E-state index is 5.31. The van der Waals surface area contributed by atoms with Crippen LogP contribution < -0.4 is 0 Å². The molecular formula is C43H38N4Zr. The smallest absolute Gasteiger partial charge is 0.655 e. The first kappa shape index (κ1) is 33.6. The fraction of sp³-hybridized carbons (Fsp3) is 0.163. The van der Waals surface area contributed by atoms with Crippen molar-refractivity contribution in [2.45, 2.75) is 42.4 Å². The summed E-state index contributed by atoms with van der Waals surface area (Å²) in [7, 11) is 0. The Kier molecular flexibility index (Phi) is 10.7. The fourth-order valence-corrected chi connectivity index (χ4v) is 7.70. The Morgan fingerprint density at radius 3 is 1.21 bits per heavy atom. The molecule has 9 rings (SSSR count). The third kappa shape index (κ3) is 6.43. The molecule has 1 saturated carbocycles. The van der Waals surface area contributed by atoms with E-state index in [-0.39, 0.29) is 43.7 Å². The molecule has 6 aromatic rings. The summed E-state index contributed by atoms with van der Waals surface area (Å²) in [6.45, 7) is 8.69. The van der Waals surface area contributed by atoms with Crippen LogP contribution in [0.2, 0.25) is 0 Å². The number of rotatable bonds is 6. The van der Waals surface area contributed by atoms with E-state index in [4.69, 9.17) is 10.6 Å². The van der Waals surface area contributed by atoms with Gasteiger partial charge < -0.3 is 10.6 Å². The van der Waals surface area contributed by atoms with Crippen LogP contribution in [-0.2, 0) is 44.7 Å². The molecule has 2 heterocycles. The normalized spacial score (nSPS) is 21.8. The Bertz CT molecular complexity index is 1740. The van der Waals surface area contributed by atoms with Gasteiger partial charge in [0, 0.05) is 29.2 Å². The molecule has 2 unspecified atom stereocenters. The number of fused-ring (bicyclic) bond motifs is 4. The van der Waals surface area contributed by atoms with E-state index < -0.39 is 0 Å². The standard InChI is InChI=1S/C29H24N4.2C7H7.Zr/c1-3-13-23-21(11-1)25-27(32-17-19-9-5-7-15-30-19)28(33-18-20-10-6-8-16-31-20)26-22-12-2-4-14-24(22)29(23,25)26;2*1-7-5-3-2-4-6-7;/h1-16,25-28H,17-18H2;2*2-6H,1H2;/q-2;2*-1;+4/t25?,26?,27-,28-,29?;;;/m1.../s1. The molecule has 3 aliphatic carbocycles. The van der Waals surface area contributed by atoms with Crippen LogP contribution in [0.1, 0.15) is 56.6 Å². The van der Waals surface area contributed by atoms with Crippen LogP contribution in [0.3, 0.4) is 0 Å². The van der Waals surface area contributed by atoms with E-state index in [2.05, 4.69) is 84.5 Å². The second-order valence-corrected chi connectivity index (χ2v) is 12.3. The van der Waals surface area contributed by atoms with Crippen molar-refractivity contribution in [1.82, 2.24) is 9.97 Å². The summed E-state index contributed by atoms with van der Waals surface area (Å²) in [6, 6.07) is 50.1. The zero-order chi connectivity index (χ0) is 32.1. The zero-order valence-corrected chi connectivity index (χ0v) is 29.4. The van der Waals surface area contributed by atoms with Crippen LogP contribution in [0, 0.1) is 13.8 Å². The van der Waals surface area contributed by atoms with E-state index >= 15 is 0 Å². The largest absolute Gasteiger partial charge is 4.00 e. The molecule has 48 heavy (non-hydrogen) atoms. The molecule has 1 spiro atoms. The number of nitrogens with zero attached hydrogens (tertiary/aromatic N) is 4. The molecule has 3 aliphatic rings. The minimum atomic E-state index is 0. The summed E-state index contributed by atoms with van der Waals surface area (Å²) in [5.41, 5.74) is 10.1. The van der Waals surface area contributed by atoms with Gasteiger partial charge in [-0.1, -0.05) is 72.8 Å². The molecule has 1 fully saturated rings. The van der Waals surface area contributed by atoms with Gasteiger partial charge in [0.1, 0.15) is 0 Å². The first-order valence-electron chi connectivity index (χ1n) is 16.2. The van der Waals surface area contributed by atoms with Gasteiger partial charge in [-0.2, -0.15) is 49.2 Å². The van der Waals surface area contributed by atoms with Crippen molar-refractivity contribution >= 4 is 0 Å². The first-order valence-corrected chi connectivity index (χ1v) is 16.2. The Labute approximate surface area is 304 Å². The van der Waals surface area contributed by atoms with Gasteiger partial charge in [-0.15, -0.1) is 49.4 Å². The Hall–Kier alpha value is -4.28. The van der Waals surface area contributed by atoms with Crippen molar-refractivity contribution in [3.05, 3.63) is 227 Å². The average molecular weight is 702 g/mol. The van der Waals surface area contributed by atoms with Gasteiger partial charge in [0.25, 0.3) is 0 Å². The molecule has 0 saturated heterocycles. The van der Waals surface area contributed by atoms with Crippen molar-refractivity contribution in [2.75, 3.05) is 0 Å². The summed E-state index contributed by atoms with van der Waals surface area (Å²) in [6.07, 6.45) is 3.70. The Morgan fingerprint density at radius 1 is 0.479 bits per heavy atom. The number of hydrogen-bond acceptors (Lipinski definition) is 2. The minimum Gasteiger partial charge on any atom is -0.655 e. The van der Waals surface area contributed by atoms with E-state index in [0.29, 0.717) is 24.9 Å². The number of pyridine rings is 2. The van der Waals surface area contributed by atoms with E-state index in [1.54, 1.807) is 0 Å². The molecule has 0 N–H and O–H groups in total. The third-order valence-electron chi connectivity index (χ3n) is 9.56. The first-order chi connectivity index (χ1) is 23.2. The predicted molar refractivity (Wildman–Crippen MR) is 191 cm³/mol. The fourth-order valence-electron chi connectivity index (χ4n) is 7.70. The molecule has 2 aromatic heterocycles. The van der Waals surface area contributed by atoms with E-state index in [9.17, 15) is 0 Å². The molecule has 0 aliphatic heterocycles. The number of hydrogen-bond donors (Lipinski definition) is 0. The van der Waals surface area contributed by atoms with Crippen LogP contribution >= 0.6 is 0 Å². The van der Waals surface area contributed by atoms with Crippen LogP contribution in [0.15, 0.2) is 158 Å². The summed E-state index contributed by atoms with van der Waals surface area (Å²) >= 11 is 0. The Balaban J connectivity index is 0.000000223. The molecule has 5 heteroatoms. The molecule has 234 valence electrons. The second-order valence-electron chi connectivity index (χ2n) is 12.3. The van der Waals surface area contributed by atoms with Crippen molar-refractivity contribution < 1.29 is 26.2 Å². The number of benzene rings is 4. The summed E-state index contributed by atoms with van der Waals surface area (Å²) in [5, 5.41) is 10.6. The van der Waals surface area contributed by atoms with Crippen molar-refractivity contribution in [2.24, 2.45) is 0 Å². The average Bonchev–Trinajstić information content (AvgIpc) is 3.32. The van der Waals surface area contributed by atoms with E-state index in [1.165, 1.54) is 22.3 Å². The van der Waals surface area contributed by atoms with Crippen LogP contribution in [0.5, 0.6) is 0 Å². The van der Waals surface area contributed by atoms with Gasteiger partial charge in [0.15, 0.2) is 0 Å². The van der Waals surface area contributed by atoms with E-state index in [0.717, 1.165) is 22.5 Å². The maximum Gasteiger partial charge on any atom is 4.00 e. The van der Waals surface area contributed by atoms with Gasteiger partial charge in [-0.25, -0.2) is 0 Å². The topological polar surface area (TPSA) is 54.0 Å². The van der Waals surface area contributed by atoms with Crippen LogP contribution in [0.25, 0.3) is 10.6 Å². The molecule has 4 nitrogen and oxygen atoms in total. The second kappa shape index (κ2) is 15.3. The van der Waals surface area contributed by atoms with Gasteiger partial charge in [0.05, 0.1) is 0 Å². The third-order valence-corrected chi connectivity index (χ3v) is 9.56. The molecule has 4 atom stereocenters. The van der Waals surface area contributed by atoms with Crippen molar-refractivity contribution in [1.29, 1.82) is 0 Å². The molecular weight excluding hydrogens is 664 g/mol. The zero-order valence-electron chi connectivity index (χ0n) is 26.9. The van der Waals surface area contributed by atoms with Gasteiger partial charge in [0.2, 0.25) is 0 Å². The summed E-state index contributed by atoms with van der Waals surface area (Å²) in [5.74, 6) is 0.740. The van der Waals surface area contributed by atoms with Crippen LogP contribution in [-0.4, -0.2) is 22.1 Å². The van der Waals surface area contributed by atoms with Gasteiger partial charge >= 0.3 is 26.2 Å². The summed E-state index contributed by atoms with van der Waals surface area (Å²) in [4.78, 5) is 9.04. The molecule has 0 bridgehead atoms. The van der Waals surface area contributed by atoms with Crippen molar-refractivity contribution in [3.8, 4) is 0 Å². The predicted octanol–water partition coefficient (Wildman–Crippen LogP) is 9.59. The van der Waals surface area contributed by atoms with E-state index in [1.807, 2.05) is 97.3 Å². The van der Waals surface area contributed by atoms with Gasteiger partial charge in [-0.3, -0.25) is 9.97 Å². The van der Waals surface area contributed by atoms with Crippen LogP contribution in [0.4, 0.5) is 0 Å². The monoisotopic (exact) mass is 700 g/mol. The van der Waals surface area contributed by atoms with Crippen molar-refractivity contribution in [3.63, 3.8) is 0 Å². The molecule has 4 aromatic carbocycles.